The van der Waals surface area contributed by atoms with Gasteiger partial charge in [-0.2, -0.15) is 5.26 Å². The number of hydrogen-bond acceptors (Lipinski definition) is 5. The van der Waals surface area contributed by atoms with Crippen LogP contribution in [0.2, 0.25) is 0 Å². The van der Waals surface area contributed by atoms with Crippen LogP contribution in [-0.2, 0) is 18.4 Å². The first kappa shape index (κ1) is 21.5. The van der Waals surface area contributed by atoms with Crippen LogP contribution in [0.15, 0.2) is 24.0 Å². The van der Waals surface area contributed by atoms with Crippen LogP contribution < -0.4 is 5.32 Å². The minimum atomic E-state index is -0.466. The summed E-state index contributed by atoms with van der Waals surface area (Å²) < 4.78 is 4.12. The van der Waals surface area contributed by atoms with Crippen LogP contribution in [0.3, 0.4) is 0 Å². The Morgan fingerprint density at radius 2 is 2.10 bits per heavy atom. The van der Waals surface area contributed by atoms with Gasteiger partial charge < -0.3 is 9.13 Å². The van der Waals surface area contributed by atoms with Crippen molar-refractivity contribution in [2.24, 2.45) is 13.0 Å². The second-order valence-corrected chi connectivity index (χ2v) is 8.75. The summed E-state index contributed by atoms with van der Waals surface area (Å²) in [7, 11) is 1.91. The molecule has 0 saturated carbocycles. The molecule has 1 amide bonds. The summed E-state index contributed by atoms with van der Waals surface area (Å²) in [5.41, 5.74) is 3.86. The van der Waals surface area contributed by atoms with Gasteiger partial charge in [0.1, 0.15) is 11.6 Å². The molecule has 0 aliphatic carbocycles. The fraction of sp³-hybridized carbons (Fsp3) is 0.364. The average Bonchev–Trinajstić information content (AvgIpc) is 3.33. The van der Waals surface area contributed by atoms with Gasteiger partial charge >= 0.3 is 0 Å². The molecule has 8 heteroatoms. The summed E-state index contributed by atoms with van der Waals surface area (Å²) in [6, 6.07) is 4.03. The predicted octanol–water partition coefficient (Wildman–Crippen LogP) is 4.47. The van der Waals surface area contributed by atoms with Gasteiger partial charge in [0, 0.05) is 37.4 Å². The molecule has 0 atom stereocenters. The van der Waals surface area contributed by atoms with Crippen molar-refractivity contribution in [3.8, 4) is 16.8 Å². The van der Waals surface area contributed by atoms with Crippen molar-refractivity contribution >= 4 is 28.5 Å². The van der Waals surface area contributed by atoms with Crippen molar-refractivity contribution < 1.29 is 4.79 Å². The summed E-state index contributed by atoms with van der Waals surface area (Å²) in [6.07, 6.45) is 5.23. The molecule has 1 N–H and O–H groups in total. The number of aromatic nitrogens is 4. The van der Waals surface area contributed by atoms with E-state index in [2.05, 4.69) is 33.7 Å². The molecule has 7 nitrogen and oxygen atoms in total. The molecule has 0 radical (unpaired) electrons. The number of aryl methyl sites for hydroxylation is 3. The van der Waals surface area contributed by atoms with E-state index in [4.69, 9.17) is 0 Å². The monoisotopic (exact) mass is 422 g/mol. The molecular weight excluding hydrogens is 396 g/mol. The van der Waals surface area contributed by atoms with Crippen molar-refractivity contribution in [3.63, 3.8) is 0 Å². The number of carbonyl (C=O) groups is 1. The van der Waals surface area contributed by atoms with Gasteiger partial charge in [-0.05, 0) is 44.4 Å². The Kier molecular flexibility index (Phi) is 6.22. The number of amides is 1. The maximum absolute atomic E-state index is 12.7. The van der Waals surface area contributed by atoms with Gasteiger partial charge in [-0.1, -0.05) is 25.2 Å². The third-order valence-electron chi connectivity index (χ3n) is 4.87. The van der Waals surface area contributed by atoms with Crippen LogP contribution in [0.25, 0.3) is 16.8 Å². The maximum Gasteiger partial charge on any atom is 0.268 e. The van der Waals surface area contributed by atoms with E-state index in [1.165, 1.54) is 11.3 Å². The minimum Gasteiger partial charge on any atom is -0.348 e. The Hall–Kier alpha value is -3.18. The molecule has 3 aromatic heterocycles. The molecule has 0 fully saturated rings. The summed E-state index contributed by atoms with van der Waals surface area (Å²) in [4.78, 5) is 22.4. The smallest absolute Gasteiger partial charge is 0.268 e. The highest BCUT2D eigenvalue weighted by atomic mass is 32.1. The third-order valence-corrected chi connectivity index (χ3v) is 5.94. The highest BCUT2D eigenvalue weighted by Gasteiger charge is 2.18. The quantitative estimate of drug-likeness (QED) is 0.469. The van der Waals surface area contributed by atoms with E-state index in [1.807, 2.05) is 50.7 Å². The van der Waals surface area contributed by atoms with Gasteiger partial charge in [0.2, 0.25) is 0 Å². The molecular formula is C22H26N6OS. The Morgan fingerprint density at radius 1 is 1.37 bits per heavy atom. The third kappa shape index (κ3) is 4.36. The average molecular weight is 423 g/mol. The normalized spacial score (nSPS) is 11.7. The molecule has 0 aliphatic rings. The van der Waals surface area contributed by atoms with Gasteiger partial charge in [0.25, 0.3) is 5.91 Å². The van der Waals surface area contributed by atoms with E-state index in [1.54, 1.807) is 12.3 Å². The first-order chi connectivity index (χ1) is 14.2. The number of anilines is 1. The Bertz CT molecular complexity index is 1160. The number of imidazole rings is 1. The lowest BCUT2D eigenvalue weighted by Crippen LogP contribution is -2.13. The first-order valence-corrected chi connectivity index (χ1v) is 10.6. The van der Waals surface area contributed by atoms with E-state index < -0.39 is 5.91 Å². The Morgan fingerprint density at radius 3 is 2.70 bits per heavy atom. The van der Waals surface area contributed by atoms with Crippen LogP contribution in [0.4, 0.5) is 5.13 Å². The number of carbonyl (C=O) groups excluding carboxylic acids is 1. The molecule has 156 valence electrons. The standard InChI is InChI=1S/C22H26N6OS/c1-13(2)12-28-14(3)9-17(16(28)5)10-18(11-23)21(29)26-22-25-15(4)19(30-22)20-24-7-8-27(20)6/h7-10,13H,12H2,1-6H3,(H,25,26,29)/b18-10+. The van der Waals surface area contributed by atoms with E-state index in [-0.39, 0.29) is 5.57 Å². The molecule has 3 aromatic rings. The molecule has 0 aromatic carbocycles. The number of nitriles is 1. The minimum absolute atomic E-state index is 0.0474. The van der Waals surface area contributed by atoms with Crippen LogP contribution in [0, 0.1) is 38.0 Å². The Balaban J connectivity index is 1.85. The Labute approximate surface area is 180 Å². The number of rotatable bonds is 6. The number of hydrogen-bond donors (Lipinski definition) is 1. The van der Waals surface area contributed by atoms with E-state index in [9.17, 15) is 10.1 Å². The molecule has 0 aliphatic heterocycles. The molecule has 0 bridgehead atoms. The van der Waals surface area contributed by atoms with E-state index in [0.29, 0.717) is 11.0 Å². The van der Waals surface area contributed by atoms with Crippen molar-refractivity contribution in [2.45, 2.75) is 41.2 Å². The largest absolute Gasteiger partial charge is 0.348 e. The summed E-state index contributed by atoms with van der Waals surface area (Å²) in [5, 5.41) is 12.8. The predicted molar refractivity (Wildman–Crippen MR) is 120 cm³/mol. The zero-order chi connectivity index (χ0) is 22.0. The maximum atomic E-state index is 12.7. The fourth-order valence-corrected chi connectivity index (χ4v) is 4.33. The van der Waals surface area contributed by atoms with Crippen LogP contribution in [0.1, 0.15) is 36.5 Å². The second-order valence-electron chi connectivity index (χ2n) is 7.75. The topological polar surface area (TPSA) is 88.5 Å². The first-order valence-electron chi connectivity index (χ1n) is 9.76. The molecule has 0 spiro atoms. The van der Waals surface area contributed by atoms with Crippen LogP contribution >= 0.6 is 11.3 Å². The van der Waals surface area contributed by atoms with Gasteiger partial charge in [-0.15, -0.1) is 0 Å². The van der Waals surface area contributed by atoms with E-state index in [0.717, 1.165) is 39.9 Å². The summed E-state index contributed by atoms with van der Waals surface area (Å²) >= 11 is 1.34. The van der Waals surface area contributed by atoms with Gasteiger partial charge in [0.05, 0.1) is 10.6 Å². The zero-order valence-corrected chi connectivity index (χ0v) is 19.0. The summed E-state index contributed by atoms with van der Waals surface area (Å²) in [6.45, 7) is 11.2. The lowest BCUT2D eigenvalue weighted by atomic mass is 10.1. The number of nitrogens with one attached hydrogen (secondary N) is 1. The van der Waals surface area contributed by atoms with Crippen molar-refractivity contribution in [2.75, 3.05) is 5.32 Å². The van der Waals surface area contributed by atoms with Crippen molar-refractivity contribution in [3.05, 3.63) is 46.7 Å². The number of nitrogens with zero attached hydrogens (tertiary/aromatic N) is 5. The highest BCUT2D eigenvalue weighted by Crippen LogP contribution is 2.31. The molecule has 0 unspecified atom stereocenters. The van der Waals surface area contributed by atoms with E-state index >= 15 is 0 Å². The second kappa shape index (κ2) is 8.67. The SMILES string of the molecule is Cc1nc(NC(=O)/C(C#N)=C/c2cc(C)n(CC(C)C)c2C)sc1-c1nccn1C. The number of thiazole rings is 1. The fourth-order valence-electron chi connectivity index (χ4n) is 3.33. The lowest BCUT2D eigenvalue weighted by Gasteiger charge is -2.12. The highest BCUT2D eigenvalue weighted by molar-refractivity contribution is 7.19. The van der Waals surface area contributed by atoms with Crippen molar-refractivity contribution in [1.82, 2.24) is 19.1 Å². The van der Waals surface area contributed by atoms with Crippen molar-refractivity contribution in [1.29, 1.82) is 5.26 Å². The van der Waals surface area contributed by atoms with Gasteiger partial charge in [-0.25, -0.2) is 9.97 Å². The molecule has 3 heterocycles. The van der Waals surface area contributed by atoms with Crippen LogP contribution in [-0.4, -0.2) is 25.0 Å². The molecule has 0 saturated heterocycles. The van der Waals surface area contributed by atoms with Gasteiger partial charge in [0.15, 0.2) is 11.0 Å². The van der Waals surface area contributed by atoms with Crippen LogP contribution in [0.5, 0.6) is 0 Å². The molecule has 30 heavy (non-hydrogen) atoms. The summed E-state index contributed by atoms with van der Waals surface area (Å²) in [5.74, 6) is 0.830. The van der Waals surface area contributed by atoms with Gasteiger partial charge in [-0.3, -0.25) is 10.1 Å². The molecule has 3 rings (SSSR count). The zero-order valence-electron chi connectivity index (χ0n) is 18.1. The lowest BCUT2D eigenvalue weighted by molar-refractivity contribution is -0.112.